The van der Waals surface area contributed by atoms with E-state index >= 15 is 0 Å². The number of carbonyl (C=O) groups excluding carboxylic acids is 1. The quantitative estimate of drug-likeness (QED) is 0.240. The number of carbonyl (C=O) groups is 1. The Kier molecular flexibility index (Phi) is 10.3. The summed E-state index contributed by atoms with van der Waals surface area (Å²) in [5.74, 6) is -0.0417. The fourth-order valence-electron chi connectivity index (χ4n) is 3.68. The Labute approximate surface area is 183 Å². The third-order valence-corrected chi connectivity index (χ3v) is 5.47. The van der Waals surface area contributed by atoms with Crippen molar-refractivity contribution in [3.05, 3.63) is 59.3 Å². The second-order valence-corrected chi connectivity index (χ2v) is 7.75. The van der Waals surface area contributed by atoms with Crippen LogP contribution in [0.2, 0.25) is 0 Å². The summed E-state index contributed by atoms with van der Waals surface area (Å²) in [4.78, 5) is 11.1. The molecule has 0 bridgehead atoms. The highest BCUT2D eigenvalue weighted by atomic mass is 16.5. The van der Waals surface area contributed by atoms with Gasteiger partial charge in [0.25, 0.3) is 0 Å². The zero-order valence-electron chi connectivity index (χ0n) is 18.1. The SMILES string of the molecule is COC(=O)CCC/C=C\CC1[C@@H](O)C/C(=N/[O-])[C@@H]1/C=C/[C@@H](O)COc1ccccc1C. The summed E-state index contributed by atoms with van der Waals surface area (Å²) in [7, 11) is 1.37. The first-order chi connectivity index (χ1) is 15.0. The van der Waals surface area contributed by atoms with Gasteiger partial charge in [0.15, 0.2) is 0 Å². The first kappa shape index (κ1) is 24.6. The summed E-state index contributed by atoms with van der Waals surface area (Å²) in [5, 5.41) is 35.0. The van der Waals surface area contributed by atoms with Crippen molar-refractivity contribution in [1.82, 2.24) is 0 Å². The predicted molar refractivity (Wildman–Crippen MR) is 120 cm³/mol. The van der Waals surface area contributed by atoms with Crippen LogP contribution in [0.5, 0.6) is 5.75 Å². The second kappa shape index (κ2) is 12.9. The molecule has 2 rings (SSSR count). The Bertz CT molecular complexity index is 788. The molecule has 4 atom stereocenters. The molecule has 1 saturated carbocycles. The molecule has 0 aromatic heterocycles. The van der Waals surface area contributed by atoms with Crippen molar-refractivity contribution in [3.63, 3.8) is 0 Å². The fraction of sp³-hybridized carbons (Fsp3) is 0.500. The smallest absolute Gasteiger partial charge is 0.305 e. The third kappa shape index (κ3) is 7.84. The van der Waals surface area contributed by atoms with Gasteiger partial charge >= 0.3 is 5.97 Å². The zero-order valence-corrected chi connectivity index (χ0v) is 18.1. The minimum absolute atomic E-state index is 0.0885. The summed E-state index contributed by atoms with van der Waals surface area (Å²) >= 11 is 0. The molecule has 7 nitrogen and oxygen atoms in total. The van der Waals surface area contributed by atoms with Crippen LogP contribution >= 0.6 is 0 Å². The van der Waals surface area contributed by atoms with E-state index in [1.807, 2.05) is 43.3 Å². The van der Waals surface area contributed by atoms with Gasteiger partial charge < -0.3 is 30.0 Å². The van der Waals surface area contributed by atoms with Crippen LogP contribution in [0.4, 0.5) is 0 Å². The summed E-state index contributed by atoms with van der Waals surface area (Å²) in [6.45, 7) is 2.02. The Hall–Kier alpha value is -2.64. The minimum Gasteiger partial charge on any atom is -0.792 e. The first-order valence-corrected chi connectivity index (χ1v) is 10.6. The lowest BCUT2D eigenvalue weighted by Crippen LogP contribution is -2.20. The largest absolute Gasteiger partial charge is 0.792 e. The van der Waals surface area contributed by atoms with E-state index < -0.39 is 12.2 Å². The van der Waals surface area contributed by atoms with Crippen LogP contribution < -0.4 is 4.74 Å². The summed E-state index contributed by atoms with van der Waals surface area (Å²) < 4.78 is 10.3. The molecule has 0 spiro atoms. The van der Waals surface area contributed by atoms with Gasteiger partial charge in [-0.2, -0.15) is 0 Å². The van der Waals surface area contributed by atoms with Crippen molar-refractivity contribution in [1.29, 1.82) is 0 Å². The average molecular weight is 431 g/mol. The fourth-order valence-corrected chi connectivity index (χ4v) is 3.68. The monoisotopic (exact) mass is 430 g/mol. The Balaban J connectivity index is 1.89. The van der Waals surface area contributed by atoms with E-state index in [0.717, 1.165) is 12.0 Å². The maximum atomic E-state index is 11.2. The van der Waals surface area contributed by atoms with Crippen molar-refractivity contribution < 1.29 is 24.5 Å². The summed E-state index contributed by atoms with van der Waals surface area (Å²) in [6.07, 6.45) is 8.35. The van der Waals surface area contributed by atoms with E-state index in [0.29, 0.717) is 30.7 Å². The van der Waals surface area contributed by atoms with Gasteiger partial charge in [-0.15, -0.1) is 0 Å². The van der Waals surface area contributed by atoms with Crippen molar-refractivity contribution in [2.45, 2.75) is 51.2 Å². The van der Waals surface area contributed by atoms with E-state index in [9.17, 15) is 20.2 Å². The standard InChI is InChI=1S/C24H33NO6/c1-17-9-7-8-11-23(17)31-16-18(26)13-14-19-20(22(27)15-21(19)25-29)10-5-3-4-6-12-24(28)30-2/h3,5,7-9,11,13-14,18-20,22,26-27,29H,4,6,10,12,15-16H2,1-2H3/p-1/b5-3-,14-13+,25-21-/t18-,19-,20?,22+/m1/s1. The Morgan fingerprint density at radius 1 is 1.35 bits per heavy atom. The molecule has 1 unspecified atom stereocenters. The molecule has 0 amide bonds. The molecule has 2 N–H and O–H groups in total. The van der Waals surface area contributed by atoms with Gasteiger partial charge in [-0.3, -0.25) is 4.79 Å². The number of hydrogen-bond acceptors (Lipinski definition) is 7. The molecule has 7 heteroatoms. The topological polar surface area (TPSA) is 111 Å². The number of ether oxygens (including phenoxy) is 2. The molecule has 0 saturated heterocycles. The molecule has 31 heavy (non-hydrogen) atoms. The number of benzene rings is 1. The van der Waals surface area contributed by atoms with E-state index in [1.54, 1.807) is 12.2 Å². The van der Waals surface area contributed by atoms with Gasteiger partial charge in [0.1, 0.15) is 18.5 Å². The molecule has 1 fully saturated rings. The van der Waals surface area contributed by atoms with Crippen molar-refractivity contribution in [2.75, 3.05) is 13.7 Å². The van der Waals surface area contributed by atoms with Crippen LogP contribution in [0.25, 0.3) is 0 Å². The van der Waals surface area contributed by atoms with Crippen LogP contribution in [0, 0.1) is 24.0 Å². The van der Waals surface area contributed by atoms with Crippen LogP contribution in [-0.4, -0.2) is 47.8 Å². The lowest BCUT2D eigenvalue weighted by Gasteiger charge is -2.19. The predicted octanol–water partition coefficient (Wildman–Crippen LogP) is 3.52. The third-order valence-electron chi connectivity index (χ3n) is 5.47. The van der Waals surface area contributed by atoms with E-state index in [1.165, 1.54) is 7.11 Å². The van der Waals surface area contributed by atoms with Crippen LogP contribution in [-0.2, 0) is 9.53 Å². The molecule has 0 heterocycles. The summed E-state index contributed by atoms with van der Waals surface area (Å²) in [5.41, 5.74) is 1.37. The maximum Gasteiger partial charge on any atom is 0.305 e. The first-order valence-electron chi connectivity index (χ1n) is 10.6. The van der Waals surface area contributed by atoms with Crippen molar-refractivity contribution >= 4 is 11.7 Å². The average Bonchev–Trinajstić information content (AvgIpc) is 3.08. The highest BCUT2D eigenvalue weighted by Crippen LogP contribution is 2.34. The highest BCUT2D eigenvalue weighted by Gasteiger charge is 2.37. The van der Waals surface area contributed by atoms with Gasteiger partial charge in [-0.25, -0.2) is 0 Å². The molecule has 1 aliphatic carbocycles. The lowest BCUT2D eigenvalue weighted by atomic mass is 9.90. The lowest BCUT2D eigenvalue weighted by molar-refractivity contribution is -0.140. The number of rotatable bonds is 11. The summed E-state index contributed by atoms with van der Waals surface area (Å²) in [6, 6.07) is 7.56. The molecule has 170 valence electrons. The number of aryl methyl sites for hydroxylation is 1. The molecule has 0 radical (unpaired) electrons. The number of methoxy groups -OCH3 is 1. The number of allylic oxidation sites excluding steroid dienone is 3. The van der Waals surface area contributed by atoms with Gasteiger partial charge in [-0.05, 0) is 37.8 Å². The molecular formula is C24H32NO6-. The number of aliphatic hydroxyl groups excluding tert-OH is 2. The van der Waals surface area contributed by atoms with Gasteiger partial charge in [-0.1, -0.05) is 42.5 Å². The molecule has 0 aliphatic heterocycles. The molecule has 1 aromatic carbocycles. The molecule has 1 aliphatic rings. The van der Waals surface area contributed by atoms with Crippen LogP contribution in [0.1, 0.15) is 37.7 Å². The number of para-hydroxylation sites is 1. The number of nitrogens with zero attached hydrogens (tertiary/aromatic N) is 1. The van der Waals surface area contributed by atoms with Crippen LogP contribution in [0.15, 0.2) is 53.7 Å². The Morgan fingerprint density at radius 3 is 2.84 bits per heavy atom. The normalized spacial score (nSPS) is 23.6. The van der Waals surface area contributed by atoms with Gasteiger partial charge in [0.05, 0.1) is 13.2 Å². The highest BCUT2D eigenvalue weighted by molar-refractivity contribution is 5.91. The van der Waals surface area contributed by atoms with Crippen molar-refractivity contribution in [3.8, 4) is 5.75 Å². The second-order valence-electron chi connectivity index (χ2n) is 7.75. The van der Waals surface area contributed by atoms with E-state index in [2.05, 4.69) is 9.89 Å². The van der Waals surface area contributed by atoms with Crippen LogP contribution in [0.3, 0.4) is 0 Å². The zero-order chi connectivity index (χ0) is 22.6. The minimum atomic E-state index is -0.847. The van der Waals surface area contributed by atoms with Gasteiger partial charge in [0, 0.05) is 30.4 Å². The van der Waals surface area contributed by atoms with Crippen molar-refractivity contribution in [2.24, 2.45) is 17.0 Å². The van der Waals surface area contributed by atoms with Gasteiger partial charge in [0.2, 0.25) is 0 Å². The number of hydrogen-bond donors (Lipinski definition) is 2. The molecular weight excluding hydrogens is 398 g/mol. The van der Waals surface area contributed by atoms with E-state index in [-0.39, 0.29) is 30.8 Å². The maximum absolute atomic E-state index is 11.2. The Morgan fingerprint density at radius 2 is 2.13 bits per heavy atom. The number of unbranched alkanes of at least 4 members (excludes halogenated alkanes) is 1. The number of aliphatic hydroxyl groups is 2. The van der Waals surface area contributed by atoms with E-state index in [4.69, 9.17) is 4.74 Å². The molecule has 1 aromatic rings. The number of esters is 1.